The number of piperazine rings is 2. The summed E-state index contributed by atoms with van der Waals surface area (Å²) in [5, 5.41) is 2.23. The number of benzene rings is 2. The second kappa shape index (κ2) is 12.5. The number of hydrogen-bond donors (Lipinski definition) is 1. The molecule has 0 aromatic heterocycles. The SMILES string of the molecule is O=C1CCC(N2C(=O)c3cccc(N4CCN(CC#CCN5CCN(c6ccc(C(F)(F)F)cc6)CC5)CC4)c3C2=O)C(=O)N1. The minimum atomic E-state index is -4.34. The van der Waals surface area contributed by atoms with Crippen LogP contribution in [0.25, 0.3) is 0 Å². The molecule has 0 spiro atoms. The van der Waals surface area contributed by atoms with Gasteiger partial charge in [0.05, 0.1) is 35.5 Å². The number of hydrogen-bond acceptors (Lipinski definition) is 8. The number of carbonyl (C=O) groups excluding carboxylic acids is 4. The fourth-order valence-corrected chi connectivity index (χ4v) is 6.27. The molecule has 10 nitrogen and oxygen atoms in total. The highest BCUT2D eigenvalue weighted by atomic mass is 19.4. The van der Waals surface area contributed by atoms with Crippen LogP contribution in [0.1, 0.15) is 39.1 Å². The zero-order valence-electron chi connectivity index (χ0n) is 24.6. The second-order valence-corrected chi connectivity index (χ2v) is 11.6. The molecular weight excluding hydrogens is 589 g/mol. The van der Waals surface area contributed by atoms with E-state index >= 15 is 0 Å². The van der Waals surface area contributed by atoms with Crippen molar-refractivity contribution < 1.29 is 32.3 Å². The molecular formula is C32H33F3N6O4. The maximum Gasteiger partial charge on any atom is 0.416 e. The van der Waals surface area contributed by atoms with Crippen molar-refractivity contribution in [2.45, 2.75) is 25.1 Å². The van der Waals surface area contributed by atoms with Gasteiger partial charge in [0.25, 0.3) is 11.8 Å². The smallest absolute Gasteiger partial charge is 0.369 e. The van der Waals surface area contributed by atoms with Gasteiger partial charge in [0, 0.05) is 64.5 Å². The van der Waals surface area contributed by atoms with E-state index in [1.54, 1.807) is 12.1 Å². The fraction of sp³-hybridized carbons (Fsp3) is 0.438. The first-order chi connectivity index (χ1) is 21.6. The molecule has 45 heavy (non-hydrogen) atoms. The van der Waals surface area contributed by atoms with E-state index < -0.39 is 41.4 Å². The molecule has 0 aliphatic carbocycles. The van der Waals surface area contributed by atoms with E-state index in [9.17, 15) is 32.3 Å². The number of imide groups is 2. The topological polar surface area (TPSA) is 96.5 Å². The van der Waals surface area contributed by atoms with Crippen LogP contribution < -0.4 is 15.1 Å². The van der Waals surface area contributed by atoms with Crippen LogP contribution in [0.4, 0.5) is 24.5 Å². The van der Waals surface area contributed by atoms with Crippen molar-refractivity contribution in [2.24, 2.45) is 0 Å². The minimum absolute atomic E-state index is 0.0735. The Hall–Kier alpha value is -4.41. The number of carbonyl (C=O) groups is 4. The zero-order chi connectivity index (χ0) is 31.7. The minimum Gasteiger partial charge on any atom is -0.369 e. The first-order valence-corrected chi connectivity index (χ1v) is 15.0. The first-order valence-electron chi connectivity index (χ1n) is 15.0. The summed E-state index contributed by atoms with van der Waals surface area (Å²) in [5.74, 6) is 4.44. The van der Waals surface area contributed by atoms with E-state index in [4.69, 9.17) is 0 Å². The molecule has 4 aliphatic rings. The van der Waals surface area contributed by atoms with Crippen molar-refractivity contribution in [1.29, 1.82) is 0 Å². The van der Waals surface area contributed by atoms with Gasteiger partial charge >= 0.3 is 6.18 Å². The van der Waals surface area contributed by atoms with Crippen molar-refractivity contribution in [3.8, 4) is 11.8 Å². The third-order valence-corrected chi connectivity index (χ3v) is 8.82. The van der Waals surface area contributed by atoms with Gasteiger partial charge < -0.3 is 9.80 Å². The summed E-state index contributed by atoms with van der Waals surface area (Å²) < 4.78 is 38.5. The molecule has 236 valence electrons. The Morgan fingerprint density at radius 1 is 0.756 bits per heavy atom. The van der Waals surface area contributed by atoms with Gasteiger partial charge in [-0.2, -0.15) is 13.2 Å². The number of nitrogens with one attached hydrogen (secondary N) is 1. The van der Waals surface area contributed by atoms with Crippen LogP contribution >= 0.6 is 0 Å². The van der Waals surface area contributed by atoms with Crippen molar-refractivity contribution in [1.82, 2.24) is 20.0 Å². The van der Waals surface area contributed by atoms with E-state index in [1.807, 2.05) is 6.07 Å². The van der Waals surface area contributed by atoms with Crippen LogP contribution in [0.3, 0.4) is 0 Å². The normalized spacial score (nSPS) is 21.5. The predicted molar refractivity (Wildman–Crippen MR) is 160 cm³/mol. The van der Waals surface area contributed by atoms with Crippen molar-refractivity contribution in [3.63, 3.8) is 0 Å². The van der Waals surface area contributed by atoms with E-state index in [0.29, 0.717) is 37.4 Å². The molecule has 4 aliphatic heterocycles. The lowest BCUT2D eigenvalue weighted by atomic mass is 10.0. The van der Waals surface area contributed by atoms with Gasteiger partial charge in [0.15, 0.2) is 0 Å². The Morgan fingerprint density at radius 3 is 1.93 bits per heavy atom. The molecule has 0 bridgehead atoms. The van der Waals surface area contributed by atoms with Gasteiger partial charge in [-0.1, -0.05) is 17.9 Å². The van der Waals surface area contributed by atoms with E-state index in [0.717, 1.165) is 62.0 Å². The number of alkyl halides is 3. The molecule has 6 rings (SSSR count). The number of halogens is 3. The summed E-state index contributed by atoms with van der Waals surface area (Å²) in [4.78, 5) is 60.2. The van der Waals surface area contributed by atoms with Gasteiger partial charge in [-0.25, -0.2) is 0 Å². The van der Waals surface area contributed by atoms with Crippen LogP contribution in [0.5, 0.6) is 0 Å². The Bertz CT molecular complexity index is 1550. The average molecular weight is 623 g/mol. The number of piperidine rings is 1. The van der Waals surface area contributed by atoms with E-state index in [2.05, 4.69) is 36.8 Å². The molecule has 4 heterocycles. The zero-order valence-corrected chi connectivity index (χ0v) is 24.6. The molecule has 3 fully saturated rings. The number of rotatable bonds is 5. The second-order valence-electron chi connectivity index (χ2n) is 11.6. The monoisotopic (exact) mass is 622 g/mol. The Kier molecular flexibility index (Phi) is 8.52. The molecule has 0 radical (unpaired) electrons. The van der Waals surface area contributed by atoms with Crippen LogP contribution in [0, 0.1) is 11.8 Å². The van der Waals surface area contributed by atoms with Gasteiger partial charge in [-0.05, 0) is 42.8 Å². The summed E-state index contributed by atoms with van der Waals surface area (Å²) in [7, 11) is 0. The molecule has 3 saturated heterocycles. The lowest BCUT2D eigenvalue weighted by Gasteiger charge is -2.36. The maximum absolute atomic E-state index is 13.4. The summed E-state index contributed by atoms with van der Waals surface area (Å²) in [6, 6.07) is 9.47. The lowest BCUT2D eigenvalue weighted by molar-refractivity contribution is -0.138. The fourth-order valence-electron chi connectivity index (χ4n) is 6.27. The van der Waals surface area contributed by atoms with E-state index in [-0.39, 0.29) is 18.4 Å². The first kappa shape index (κ1) is 30.6. The summed E-state index contributed by atoms with van der Waals surface area (Å²) in [6.07, 6.45) is -4.15. The molecule has 2 aromatic carbocycles. The molecule has 4 amide bonds. The summed E-state index contributed by atoms with van der Waals surface area (Å²) in [5.41, 5.74) is 1.39. The summed E-state index contributed by atoms with van der Waals surface area (Å²) in [6.45, 7) is 6.95. The van der Waals surface area contributed by atoms with Crippen LogP contribution in [-0.2, 0) is 15.8 Å². The molecule has 0 saturated carbocycles. The van der Waals surface area contributed by atoms with Crippen LogP contribution in [-0.4, -0.2) is 110 Å². The van der Waals surface area contributed by atoms with Crippen molar-refractivity contribution in [3.05, 3.63) is 59.2 Å². The molecule has 1 unspecified atom stereocenters. The molecule has 1 atom stereocenters. The lowest BCUT2D eigenvalue weighted by Crippen LogP contribution is -2.54. The van der Waals surface area contributed by atoms with Gasteiger partial charge in [0.1, 0.15) is 6.04 Å². The standard InChI is InChI=1S/C32H33F3N6O4/c33-32(34,35)22-6-8-23(9-7-22)39-18-14-37(15-19-39)12-1-2-13-38-16-20-40(21-17-38)25-5-3-4-24-28(25)31(45)41(30(24)44)26-10-11-27(42)36-29(26)43/h3-9,26H,10-21H2,(H,36,42,43). The third kappa shape index (κ3) is 6.39. The van der Waals surface area contributed by atoms with Crippen LogP contribution in [0.2, 0.25) is 0 Å². The number of fused-ring (bicyclic) bond motifs is 1. The van der Waals surface area contributed by atoms with E-state index in [1.165, 1.54) is 12.1 Å². The van der Waals surface area contributed by atoms with Crippen LogP contribution in [0.15, 0.2) is 42.5 Å². The molecule has 1 N–H and O–H groups in total. The Morgan fingerprint density at radius 2 is 1.36 bits per heavy atom. The molecule has 2 aromatic rings. The summed E-state index contributed by atoms with van der Waals surface area (Å²) >= 11 is 0. The van der Waals surface area contributed by atoms with Gasteiger partial charge in [-0.15, -0.1) is 0 Å². The van der Waals surface area contributed by atoms with Gasteiger partial charge in [0.2, 0.25) is 11.8 Å². The Balaban J connectivity index is 0.975. The largest absolute Gasteiger partial charge is 0.416 e. The van der Waals surface area contributed by atoms with Crippen molar-refractivity contribution >= 4 is 35.0 Å². The third-order valence-electron chi connectivity index (χ3n) is 8.82. The number of anilines is 2. The van der Waals surface area contributed by atoms with Gasteiger partial charge in [-0.3, -0.25) is 39.2 Å². The highest BCUT2D eigenvalue weighted by molar-refractivity contribution is 6.25. The number of nitrogens with zero attached hydrogens (tertiary/aromatic N) is 5. The average Bonchev–Trinajstić information content (AvgIpc) is 3.29. The highest BCUT2D eigenvalue weighted by Gasteiger charge is 2.46. The quantitative estimate of drug-likeness (QED) is 0.400. The molecule has 13 heteroatoms. The van der Waals surface area contributed by atoms with Crippen molar-refractivity contribution in [2.75, 3.05) is 75.2 Å². The number of amides is 4. The Labute approximate surface area is 258 Å². The highest BCUT2D eigenvalue weighted by Crippen LogP contribution is 2.35. The predicted octanol–water partition coefficient (Wildman–Crippen LogP) is 2.05. The maximum atomic E-state index is 13.4.